The normalized spacial score (nSPS) is 15.6. The van der Waals surface area contributed by atoms with E-state index in [1.54, 1.807) is 6.20 Å². The monoisotopic (exact) mass is 486 g/mol. The second-order valence-corrected chi connectivity index (χ2v) is 8.70. The number of nitrogens with zero attached hydrogens (tertiary/aromatic N) is 3. The molecule has 0 amide bonds. The maximum Gasteiger partial charge on any atom is 0.262 e. The number of fused-ring (bicyclic) bond motifs is 2. The van der Waals surface area contributed by atoms with E-state index in [4.69, 9.17) is 35.3 Å². The molecule has 0 aliphatic carbocycles. The number of nitrogens with one attached hydrogen (secondary N) is 1. The number of aromatic nitrogens is 2. The molecule has 4 heterocycles. The summed E-state index contributed by atoms with van der Waals surface area (Å²) in [5, 5.41) is 4.62. The molecule has 0 atom stereocenters. The molecule has 1 N–H and O–H groups in total. The van der Waals surface area contributed by atoms with Crippen molar-refractivity contribution in [1.29, 1.82) is 0 Å². The van der Waals surface area contributed by atoms with E-state index in [0.29, 0.717) is 40.4 Å². The molecular weight excluding hydrogens is 460 g/mol. The lowest BCUT2D eigenvalue weighted by molar-refractivity contribution is 0.0322. The van der Waals surface area contributed by atoms with Crippen molar-refractivity contribution in [3.05, 3.63) is 35.6 Å². The zero-order valence-corrected chi connectivity index (χ0v) is 19.9. The summed E-state index contributed by atoms with van der Waals surface area (Å²) in [5.41, 5.74) is 2.09. The Hall–Kier alpha value is -3.01. The van der Waals surface area contributed by atoms with Gasteiger partial charge in [0.15, 0.2) is 0 Å². The second-order valence-electron chi connectivity index (χ2n) is 8.29. The molecule has 2 aliphatic heterocycles. The van der Waals surface area contributed by atoms with Crippen molar-refractivity contribution in [1.82, 2.24) is 14.9 Å². The number of benzene rings is 1. The molecule has 0 unspecified atom stereocenters. The number of hydrogen-bond donors (Lipinski definition) is 1. The summed E-state index contributed by atoms with van der Waals surface area (Å²) in [6.45, 7) is 8.86. The van der Waals surface area contributed by atoms with Crippen LogP contribution in [0.15, 0.2) is 30.6 Å². The summed E-state index contributed by atoms with van der Waals surface area (Å²) in [4.78, 5) is 11.1. The van der Waals surface area contributed by atoms with Crippen LogP contribution in [0.25, 0.3) is 10.9 Å². The first-order valence-corrected chi connectivity index (χ1v) is 11.7. The highest BCUT2D eigenvalue weighted by Crippen LogP contribution is 2.45. The predicted molar refractivity (Wildman–Crippen MR) is 129 cm³/mol. The Labute approximate surface area is 202 Å². The highest BCUT2D eigenvalue weighted by Gasteiger charge is 2.23. The fourth-order valence-electron chi connectivity index (χ4n) is 3.96. The van der Waals surface area contributed by atoms with Crippen molar-refractivity contribution in [2.75, 3.05) is 51.6 Å². The van der Waals surface area contributed by atoms with Gasteiger partial charge in [0, 0.05) is 38.0 Å². The lowest BCUT2D eigenvalue weighted by Crippen LogP contribution is -2.38. The minimum atomic E-state index is -0.0367. The molecule has 10 heteroatoms. The Morgan fingerprint density at radius 1 is 1.18 bits per heavy atom. The van der Waals surface area contributed by atoms with E-state index in [2.05, 4.69) is 20.2 Å². The number of halogens is 1. The average molecular weight is 487 g/mol. The molecule has 34 heavy (non-hydrogen) atoms. The van der Waals surface area contributed by atoms with Crippen molar-refractivity contribution in [3.8, 4) is 23.1 Å². The topological polar surface area (TPSA) is 87.2 Å². The largest absolute Gasteiger partial charge is 0.492 e. The Balaban J connectivity index is 1.45. The number of pyridine rings is 2. The first-order valence-electron chi connectivity index (χ1n) is 11.3. The highest BCUT2D eigenvalue weighted by atomic mass is 35.5. The summed E-state index contributed by atoms with van der Waals surface area (Å²) in [7, 11) is 0. The van der Waals surface area contributed by atoms with Crippen LogP contribution in [0.2, 0.25) is 5.02 Å². The minimum Gasteiger partial charge on any atom is -0.492 e. The van der Waals surface area contributed by atoms with Crippen LogP contribution in [0, 0.1) is 0 Å². The first kappa shape index (κ1) is 22.8. The van der Waals surface area contributed by atoms with Gasteiger partial charge in [-0.1, -0.05) is 11.6 Å². The Bertz CT molecular complexity index is 1170. The van der Waals surface area contributed by atoms with Crippen LogP contribution in [0.4, 0.5) is 11.4 Å². The molecule has 1 saturated heterocycles. The summed E-state index contributed by atoms with van der Waals surface area (Å²) in [5.74, 6) is 2.26. The van der Waals surface area contributed by atoms with Crippen molar-refractivity contribution in [3.63, 3.8) is 0 Å². The van der Waals surface area contributed by atoms with Crippen LogP contribution in [0.5, 0.6) is 23.1 Å². The standard InChI is InChI=1S/C24H27ClN4O5/c1-15(2)34-20-12-16(31-10-7-29-5-8-30-9-6-29)11-19-21(20)18(3-4-26-19)28-22-17(25)13-27-24-23(22)32-14-33-24/h3-4,11-13,15H,5-10,14H2,1-2H3,(H,26,27,28). The molecule has 0 saturated carbocycles. The SMILES string of the molecule is CC(C)Oc1cc(OCCN2CCOCC2)cc2nccc(Nc3c(Cl)cnc4c3OCO4)c12. The lowest BCUT2D eigenvalue weighted by Gasteiger charge is -2.26. The van der Waals surface area contributed by atoms with Gasteiger partial charge in [-0.25, -0.2) is 4.98 Å². The fourth-order valence-corrected chi connectivity index (χ4v) is 4.14. The number of morpholine rings is 1. The van der Waals surface area contributed by atoms with Gasteiger partial charge in [0.2, 0.25) is 12.5 Å². The predicted octanol–water partition coefficient (Wildman–Crippen LogP) is 4.25. The summed E-state index contributed by atoms with van der Waals surface area (Å²) < 4.78 is 28.7. The van der Waals surface area contributed by atoms with E-state index in [1.165, 1.54) is 6.20 Å². The van der Waals surface area contributed by atoms with Gasteiger partial charge < -0.3 is 29.0 Å². The second kappa shape index (κ2) is 10.1. The Kier molecular flexibility index (Phi) is 6.75. The third kappa shape index (κ3) is 4.91. The van der Waals surface area contributed by atoms with Gasteiger partial charge in [0.05, 0.1) is 47.1 Å². The van der Waals surface area contributed by atoms with E-state index < -0.39 is 0 Å². The van der Waals surface area contributed by atoms with E-state index >= 15 is 0 Å². The Morgan fingerprint density at radius 3 is 2.85 bits per heavy atom. The molecule has 2 aromatic heterocycles. The van der Waals surface area contributed by atoms with Crippen molar-refractivity contribution >= 4 is 33.9 Å². The maximum atomic E-state index is 6.44. The van der Waals surface area contributed by atoms with Gasteiger partial charge in [-0.15, -0.1) is 0 Å². The Morgan fingerprint density at radius 2 is 2.03 bits per heavy atom. The minimum absolute atomic E-state index is 0.0367. The van der Waals surface area contributed by atoms with E-state index in [9.17, 15) is 0 Å². The van der Waals surface area contributed by atoms with E-state index in [0.717, 1.165) is 49.4 Å². The van der Waals surface area contributed by atoms with Gasteiger partial charge in [0.25, 0.3) is 5.88 Å². The number of rotatable bonds is 8. The summed E-state index contributed by atoms with van der Waals surface area (Å²) in [6.07, 6.45) is 3.23. The van der Waals surface area contributed by atoms with Gasteiger partial charge in [-0.2, -0.15) is 0 Å². The van der Waals surface area contributed by atoms with E-state index in [-0.39, 0.29) is 12.9 Å². The van der Waals surface area contributed by atoms with Gasteiger partial charge >= 0.3 is 0 Å². The molecule has 2 aliphatic rings. The van der Waals surface area contributed by atoms with Crippen molar-refractivity contribution in [2.24, 2.45) is 0 Å². The smallest absolute Gasteiger partial charge is 0.262 e. The molecule has 3 aromatic rings. The zero-order chi connectivity index (χ0) is 23.5. The quantitative estimate of drug-likeness (QED) is 0.502. The zero-order valence-electron chi connectivity index (χ0n) is 19.2. The molecule has 0 radical (unpaired) electrons. The molecule has 1 aromatic carbocycles. The van der Waals surface area contributed by atoms with Gasteiger partial charge in [-0.05, 0) is 19.9 Å². The lowest BCUT2D eigenvalue weighted by atomic mass is 10.1. The molecule has 1 fully saturated rings. The number of anilines is 2. The van der Waals surface area contributed by atoms with Gasteiger partial charge in [-0.3, -0.25) is 9.88 Å². The summed E-state index contributed by atoms with van der Waals surface area (Å²) in [6, 6.07) is 5.70. The molecule has 5 rings (SSSR count). The van der Waals surface area contributed by atoms with Crippen LogP contribution < -0.4 is 24.3 Å². The molecule has 0 bridgehead atoms. The molecule has 0 spiro atoms. The van der Waals surface area contributed by atoms with Crippen LogP contribution in [-0.2, 0) is 4.74 Å². The van der Waals surface area contributed by atoms with Crippen LogP contribution in [-0.4, -0.2) is 67.2 Å². The van der Waals surface area contributed by atoms with Crippen molar-refractivity contribution in [2.45, 2.75) is 20.0 Å². The average Bonchev–Trinajstić information content (AvgIpc) is 3.30. The highest BCUT2D eigenvalue weighted by molar-refractivity contribution is 6.33. The molecular formula is C24H27ClN4O5. The van der Waals surface area contributed by atoms with Crippen LogP contribution in [0.3, 0.4) is 0 Å². The van der Waals surface area contributed by atoms with Gasteiger partial charge in [0.1, 0.15) is 23.8 Å². The number of ether oxygens (including phenoxy) is 5. The van der Waals surface area contributed by atoms with E-state index in [1.807, 2.05) is 32.0 Å². The van der Waals surface area contributed by atoms with Crippen molar-refractivity contribution < 1.29 is 23.7 Å². The van der Waals surface area contributed by atoms with Crippen LogP contribution in [0.1, 0.15) is 13.8 Å². The third-order valence-electron chi connectivity index (χ3n) is 5.54. The third-order valence-corrected chi connectivity index (χ3v) is 5.82. The molecule has 180 valence electrons. The molecule has 9 nitrogen and oxygen atoms in total. The maximum absolute atomic E-state index is 6.44. The fraction of sp³-hybridized carbons (Fsp3) is 0.417. The number of hydrogen-bond acceptors (Lipinski definition) is 9. The first-order chi connectivity index (χ1) is 16.6. The van der Waals surface area contributed by atoms with Crippen LogP contribution >= 0.6 is 11.6 Å². The summed E-state index contributed by atoms with van der Waals surface area (Å²) >= 11 is 6.44.